The van der Waals surface area contributed by atoms with Crippen LogP contribution in [-0.2, 0) is 14.3 Å². The van der Waals surface area contributed by atoms with Crippen molar-refractivity contribution in [2.45, 2.75) is 46.1 Å². The van der Waals surface area contributed by atoms with Crippen molar-refractivity contribution < 1.29 is 29.5 Å². The number of aromatic hydroxyl groups is 1. The zero-order valence-corrected chi connectivity index (χ0v) is 22.0. The molecule has 0 saturated carbocycles. The van der Waals surface area contributed by atoms with Gasteiger partial charge >= 0.3 is 7.12 Å². The largest absolute Gasteiger partial charge is 0.508 e. The van der Waals surface area contributed by atoms with Gasteiger partial charge in [0.1, 0.15) is 5.75 Å². The second-order valence-corrected chi connectivity index (χ2v) is 11.0. The van der Waals surface area contributed by atoms with Crippen LogP contribution in [0.1, 0.15) is 45.6 Å². The van der Waals surface area contributed by atoms with Crippen LogP contribution in [0, 0.1) is 23.7 Å². The molecule has 0 bridgehead atoms. The van der Waals surface area contributed by atoms with E-state index in [9.17, 15) is 24.7 Å². The van der Waals surface area contributed by atoms with Crippen LogP contribution in [-0.4, -0.2) is 46.8 Å². The summed E-state index contributed by atoms with van der Waals surface area (Å²) in [5.74, 6) is -1.05. The molecule has 2 fully saturated rings. The first-order valence-electron chi connectivity index (χ1n) is 13.3. The molecule has 2 aliphatic heterocycles. The van der Waals surface area contributed by atoms with Gasteiger partial charge in [0.15, 0.2) is 0 Å². The number of imide groups is 1. The lowest BCUT2D eigenvalue weighted by Gasteiger charge is -2.33. The highest BCUT2D eigenvalue weighted by Crippen LogP contribution is 2.51. The van der Waals surface area contributed by atoms with Crippen molar-refractivity contribution >= 4 is 36.2 Å². The quantitative estimate of drug-likeness (QED) is 0.296. The van der Waals surface area contributed by atoms with Gasteiger partial charge in [0.2, 0.25) is 11.8 Å². The Labute approximate surface area is 223 Å². The number of phenolic OH excluding ortho intramolecular Hbond substituents is 1. The number of hydrogen-bond acceptors (Lipinski definition) is 6. The Morgan fingerprint density at radius 3 is 2.58 bits per heavy atom. The number of amides is 2. The van der Waals surface area contributed by atoms with Gasteiger partial charge in [-0.2, -0.15) is 0 Å². The Balaban J connectivity index is 1.39. The van der Waals surface area contributed by atoms with Crippen molar-refractivity contribution in [1.82, 2.24) is 0 Å². The Morgan fingerprint density at radius 1 is 1.11 bits per heavy atom. The van der Waals surface area contributed by atoms with E-state index < -0.39 is 19.0 Å². The van der Waals surface area contributed by atoms with Crippen LogP contribution in [0.3, 0.4) is 0 Å². The minimum atomic E-state index is -1.68. The molecule has 2 heterocycles. The van der Waals surface area contributed by atoms with Crippen molar-refractivity contribution in [3.63, 3.8) is 0 Å². The predicted molar refractivity (Wildman–Crippen MR) is 146 cm³/mol. The molecule has 198 valence electrons. The molecule has 5 rings (SSSR count). The first-order valence-corrected chi connectivity index (χ1v) is 13.3. The lowest BCUT2D eigenvalue weighted by Crippen LogP contribution is -2.36. The van der Waals surface area contributed by atoms with E-state index in [0.29, 0.717) is 18.7 Å². The number of anilines is 1. The summed E-state index contributed by atoms with van der Waals surface area (Å²) in [4.78, 5) is 28.5. The van der Waals surface area contributed by atoms with E-state index in [-0.39, 0.29) is 41.0 Å². The highest BCUT2D eigenvalue weighted by molar-refractivity contribution is 6.58. The summed E-state index contributed by atoms with van der Waals surface area (Å²) < 4.78 is 6.31. The summed E-state index contributed by atoms with van der Waals surface area (Å²) in [6, 6.07) is 13.5. The molecule has 2 saturated heterocycles. The number of benzene rings is 2. The van der Waals surface area contributed by atoms with Crippen molar-refractivity contribution in [2.24, 2.45) is 23.7 Å². The van der Waals surface area contributed by atoms with Crippen molar-refractivity contribution in [3.05, 3.63) is 70.8 Å². The summed E-state index contributed by atoms with van der Waals surface area (Å²) >= 11 is 0. The monoisotopic (exact) mass is 515 g/mol. The van der Waals surface area contributed by atoms with Crippen molar-refractivity contribution in [1.29, 1.82) is 0 Å². The van der Waals surface area contributed by atoms with E-state index in [2.05, 4.69) is 26.8 Å². The highest BCUT2D eigenvalue weighted by atomic mass is 16.5. The Hall–Kier alpha value is -3.20. The van der Waals surface area contributed by atoms with E-state index in [4.69, 9.17) is 4.74 Å². The second kappa shape index (κ2) is 10.5. The number of phenols is 1. The number of hydrogen-bond donors (Lipinski definition) is 3. The zero-order chi connectivity index (χ0) is 27.1. The smallest absolute Gasteiger partial charge is 0.488 e. The Kier molecular flexibility index (Phi) is 7.31. The molecule has 0 spiro atoms. The molecule has 1 aliphatic carbocycles. The molecule has 0 aromatic heterocycles. The van der Waals surface area contributed by atoms with Crippen LogP contribution in [0.15, 0.2) is 65.3 Å². The maximum atomic E-state index is 13.7. The number of carbonyl (C=O) groups is 2. The minimum absolute atomic E-state index is 0.101. The summed E-state index contributed by atoms with van der Waals surface area (Å²) in [6.07, 6.45) is 4.09. The number of carbonyl (C=O) groups excluding carboxylic acids is 2. The number of ether oxygens (including phenoxy) is 1. The maximum Gasteiger partial charge on any atom is 0.488 e. The van der Waals surface area contributed by atoms with Crippen LogP contribution < -0.4 is 10.4 Å². The number of allylic oxidation sites excluding steroid dienone is 2. The fourth-order valence-electron chi connectivity index (χ4n) is 6.37. The average Bonchev–Trinajstić information content (AvgIpc) is 3.40. The summed E-state index contributed by atoms with van der Waals surface area (Å²) in [5, 5.41) is 28.9. The lowest BCUT2D eigenvalue weighted by atomic mass is 9.67. The molecule has 7 nitrogen and oxygen atoms in total. The average molecular weight is 515 g/mol. The SMILES string of the molecule is C/C(=C\c1cccc(O)c1)CC[C@H]1OC[C@H]2C1=C(C(C)C)C[C@H]1C(=O)N(c3cccc(B(O)O)c3)C(=O)[C@H]12. The van der Waals surface area contributed by atoms with E-state index in [1.807, 2.05) is 12.1 Å². The molecular weight excluding hydrogens is 481 g/mol. The van der Waals surface area contributed by atoms with Gasteiger partial charge in [-0.25, -0.2) is 0 Å². The maximum absolute atomic E-state index is 13.7. The second-order valence-electron chi connectivity index (χ2n) is 11.0. The van der Waals surface area contributed by atoms with E-state index >= 15 is 0 Å². The first kappa shape index (κ1) is 26.4. The molecule has 3 N–H and O–H groups in total. The third kappa shape index (κ3) is 4.84. The molecule has 3 aliphatic rings. The van der Waals surface area contributed by atoms with Gasteiger partial charge in [0, 0.05) is 5.92 Å². The van der Waals surface area contributed by atoms with Crippen LogP contribution in [0.25, 0.3) is 6.08 Å². The number of fused-ring (bicyclic) bond motifs is 3. The van der Waals surface area contributed by atoms with Crippen molar-refractivity contribution in [3.8, 4) is 5.75 Å². The van der Waals surface area contributed by atoms with Crippen LogP contribution in [0.5, 0.6) is 5.75 Å². The van der Waals surface area contributed by atoms with E-state index in [1.165, 1.54) is 27.7 Å². The fourth-order valence-corrected chi connectivity index (χ4v) is 6.37. The van der Waals surface area contributed by atoms with Crippen molar-refractivity contribution in [2.75, 3.05) is 11.5 Å². The molecule has 38 heavy (non-hydrogen) atoms. The minimum Gasteiger partial charge on any atom is -0.508 e. The summed E-state index contributed by atoms with van der Waals surface area (Å²) in [5.41, 5.74) is 5.13. The summed E-state index contributed by atoms with van der Waals surface area (Å²) in [7, 11) is -1.68. The molecule has 2 aromatic carbocycles. The zero-order valence-electron chi connectivity index (χ0n) is 22.0. The third-order valence-electron chi connectivity index (χ3n) is 8.15. The lowest BCUT2D eigenvalue weighted by molar-refractivity contribution is -0.122. The van der Waals surface area contributed by atoms with Crippen LogP contribution in [0.2, 0.25) is 0 Å². The van der Waals surface area contributed by atoms with Gasteiger partial charge in [-0.3, -0.25) is 14.5 Å². The molecule has 8 heteroatoms. The molecule has 0 unspecified atom stereocenters. The van der Waals surface area contributed by atoms with E-state index in [0.717, 1.165) is 18.4 Å². The Bertz CT molecular complexity index is 1320. The van der Waals surface area contributed by atoms with Gasteiger partial charge in [-0.1, -0.05) is 55.3 Å². The predicted octanol–water partition coefficient (Wildman–Crippen LogP) is 3.43. The summed E-state index contributed by atoms with van der Waals surface area (Å²) in [6.45, 7) is 6.75. The van der Waals surface area contributed by atoms with Gasteiger partial charge in [-0.05, 0) is 73.0 Å². The number of rotatable bonds is 7. The Morgan fingerprint density at radius 2 is 1.87 bits per heavy atom. The number of nitrogens with zero attached hydrogens (tertiary/aromatic N) is 1. The molecule has 0 radical (unpaired) electrons. The highest BCUT2D eigenvalue weighted by Gasteiger charge is 2.57. The first-order chi connectivity index (χ1) is 18.2. The topological polar surface area (TPSA) is 107 Å². The van der Waals surface area contributed by atoms with Gasteiger partial charge in [-0.15, -0.1) is 0 Å². The molecule has 2 aromatic rings. The molecular formula is C30H34BNO6. The fraction of sp³-hybridized carbons (Fsp3) is 0.400. The van der Waals surface area contributed by atoms with Gasteiger partial charge < -0.3 is 19.9 Å². The molecule has 4 atom stereocenters. The standard InChI is InChI=1S/C30H34BNO6/c1-17(2)23-15-24-28(30(35)32(29(24)34)21-8-5-7-20(14-21)31(36)37)25-16-38-26(27(23)25)11-10-18(3)12-19-6-4-9-22(33)13-19/h4-9,12-14,17,24-26,28,33,36-37H,10-11,15-16H2,1-3H3/b18-12+/t24-,25+,26-,28-/m1/s1. The molecule has 2 amide bonds. The van der Waals surface area contributed by atoms with Gasteiger partial charge in [0.05, 0.1) is 30.2 Å². The van der Waals surface area contributed by atoms with E-state index in [1.54, 1.807) is 30.3 Å². The van der Waals surface area contributed by atoms with Gasteiger partial charge in [0.25, 0.3) is 0 Å². The normalized spacial score (nSPS) is 25.3. The van der Waals surface area contributed by atoms with Crippen LogP contribution in [0.4, 0.5) is 5.69 Å². The third-order valence-corrected chi connectivity index (χ3v) is 8.15. The van der Waals surface area contributed by atoms with Crippen LogP contribution >= 0.6 is 0 Å².